The fraction of sp³-hybridized carbons (Fsp3) is 0.462. The first kappa shape index (κ1) is 14.9. The van der Waals surface area contributed by atoms with Crippen LogP contribution in [0, 0.1) is 0 Å². The van der Waals surface area contributed by atoms with Gasteiger partial charge >= 0.3 is 0 Å². The van der Waals surface area contributed by atoms with Gasteiger partial charge in [0.05, 0.1) is 15.8 Å². The van der Waals surface area contributed by atoms with E-state index in [4.69, 9.17) is 23.2 Å². The summed E-state index contributed by atoms with van der Waals surface area (Å²) in [5, 5.41) is 0.990. The van der Waals surface area contributed by atoms with Crippen LogP contribution >= 0.6 is 35.0 Å². The number of Topliss-reactive ketones (excluding diaryl/α,β-unsaturated/α-hetero) is 1. The highest BCUT2D eigenvalue weighted by Gasteiger charge is 2.15. The molecule has 0 aliphatic carbocycles. The molecule has 0 fully saturated rings. The predicted molar refractivity (Wildman–Crippen MR) is 77.4 cm³/mol. The molecule has 0 saturated carbocycles. The molecular weight excluding hydrogens is 275 g/mol. The Morgan fingerprint density at radius 1 is 1.29 bits per heavy atom. The molecule has 4 heteroatoms. The van der Waals surface area contributed by atoms with Gasteiger partial charge in [0.25, 0.3) is 0 Å². The van der Waals surface area contributed by atoms with Crippen LogP contribution < -0.4 is 0 Å². The maximum Gasteiger partial charge on any atom is 0.147 e. The number of benzene rings is 1. The largest absolute Gasteiger partial charge is 0.298 e. The standard InChI is InChI=1S/C13H16Cl2OS/c1-13(2,3)17-8-10(16)7-9-5-4-6-11(14)12(9)15/h4-6H,7-8H2,1-3H3. The zero-order chi connectivity index (χ0) is 13.1. The van der Waals surface area contributed by atoms with Gasteiger partial charge in [0.1, 0.15) is 5.78 Å². The minimum atomic E-state index is 0.105. The SMILES string of the molecule is CC(C)(C)SCC(=O)Cc1cccc(Cl)c1Cl. The Morgan fingerprint density at radius 2 is 1.94 bits per heavy atom. The number of carbonyl (C=O) groups excluding carboxylic acids is 1. The lowest BCUT2D eigenvalue weighted by atomic mass is 10.1. The third kappa shape index (κ3) is 5.33. The van der Waals surface area contributed by atoms with E-state index >= 15 is 0 Å². The second kappa shape index (κ2) is 6.12. The Balaban J connectivity index is 2.60. The Kier molecular flexibility index (Phi) is 5.36. The number of halogens is 2. The topological polar surface area (TPSA) is 17.1 Å². The molecule has 94 valence electrons. The molecule has 0 aromatic heterocycles. The molecule has 0 aliphatic heterocycles. The Labute approximate surface area is 117 Å². The fourth-order valence-electron chi connectivity index (χ4n) is 1.25. The molecule has 0 saturated heterocycles. The van der Waals surface area contributed by atoms with Gasteiger partial charge in [-0.15, -0.1) is 11.8 Å². The van der Waals surface area contributed by atoms with Crippen molar-refractivity contribution in [1.29, 1.82) is 0 Å². The van der Waals surface area contributed by atoms with Crippen LogP contribution in [0.4, 0.5) is 0 Å². The predicted octanol–water partition coefficient (Wildman–Crippen LogP) is 4.64. The van der Waals surface area contributed by atoms with E-state index in [2.05, 4.69) is 20.8 Å². The third-order valence-corrected chi connectivity index (χ3v) is 4.28. The van der Waals surface area contributed by atoms with Gasteiger partial charge in [-0.05, 0) is 11.6 Å². The highest BCUT2D eigenvalue weighted by atomic mass is 35.5. The quantitative estimate of drug-likeness (QED) is 0.804. The van der Waals surface area contributed by atoms with Crippen molar-refractivity contribution in [2.45, 2.75) is 31.9 Å². The van der Waals surface area contributed by atoms with E-state index in [1.54, 1.807) is 17.8 Å². The highest BCUT2D eigenvalue weighted by molar-refractivity contribution is 8.01. The van der Waals surface area contributed by atoms with Crippen molar-refractivity contribution in [3.05, 3.63) is 33.8 Å². The molecule has 0 atom stereocenters. The Morgan fingerprint density at radius 3 is 2.53 bits per heavy atom. The van der Waals surface area contributed by atoms with E-state index in [0.29, 0.717) is 22.2 Å². The molecule has 0 spiro atoms. The smallest absolute Gasteiger partial charge is 0.147 e. The molecule has 0 heterocycles. The van der Waals surface area contributed by atoms with Gasteiger partial charge in [0, 0.05) is 11.2 Å². The van der Waals surface area contributed by atoms with Crippen molar-refractivity contribution >= 4 is 40.7 Å². The lowest BCUT2D eigenvalue weighted by molar-refractivity contribution is -0.116. The van der Waals surface area contributed by atoms with Crippen LogP contribution in [0.2, 0.25) is 10.0 Å². The molecule has 0 amide bonds. The average molecular weight is 291 g/mol. The van der Waals surface area contributed by atoms with Crippen LogP contribution in [0.3, 0.4) is 0 Å². The third-order valence-electron chi connectivity index (χ3n) is 2.09. The van der Waals surface area contributed by atoms with E-state index in [1.165, 1.54) is 0 Å². The van der Waals surface area contributed by atoms with Crippen molar-refractivity contribution in [3.8, 4) is 0 Å². The number of hydrogen-bond donors (Lipinski definition) is 0. The van der Waals surface area contributed by atoms with Crippen LogP contribution in [0.1, 0.15) is 26.3 Å². The second-order valence-electron chi connectivity index (χ2n) is 4.83. The average Bonchev–Trinajstić information content (AvgIpc) is 2.21. The Bertz CT molecular complexity index is 410. The summed E-state index contributed by atoms with van der Waals surface area (Å²) in [4.78, 5) is 11.8. The summed E-state index contributed by atoms with van der Waals surface area (Å²) in [5.41, 5.74) is 0.804. The van der Waals surface area contributed by atoms with Gasteiger partial charge < -0.3 is 0 Å². The molecule has 1 nitrogen and oxygen atoms in total. The zero-order valence-corrected chi connectivity index (χ0v) is 12.5. The lowest BCUT2D eigenvalue weighted by Crippen LogP contribution is -2.14. The summed E-state index contributed by atoms with van der Waals surface area (Å²) in [6, 6.07) is 5.38. The maximum absolute atomic E-state index is 11.8. The van der Waals surface area contributed by atoms with Crippen LogP contribution in [0.15, 0.2) is 18.2 Å². The van der Waals surface area contributed by atoms with Gasteiger partial charge in [0.2, 0.25) is 0 Å². The summed E-state index contributed by atoms with van der Waals surface area (Å²) < 4.78 is 0.105. The van der Waals surface area contributed by atoms with Gasteiger partial charge in [-0.1, -0.05) is 56.1 Å². The van der Waals surface area contributed by atoms with Gasteiger partial charge in [0.15, 0.2) is 0 Å². The number of ketones is 1. The van der Waals surface area contributed by atoms with Crippen LogP contribution in [0.5, 0.6) is 0 Å². The number of rotatable bonds is 4. The van der Waals surface area contributed by atoms with E-state index in [-0.39, 0.29) is 10.5 Å². The van der Waals surface area contributed by atoms with E-state index in [9.17, 15) is 4.79 Å². The molecule has 0 unspecified atom stereocenters. The molecule has 17 heavy (non-hydrogen) atoms. The second-order valence-corrected chi connectivity index (χ2v) is 7.42. The molecule has 1 aromatic rings. The minimum Gasteiger partial charge on any atom is -0.298 e. The molecular formula is C13H16Cl2OS. The van der Waals surface area contributed by atoms with Crippen molar-refractivity contribution in [2.24, 2.45) is 0 Å². The molecule has 0 N–H and O–H groups in total. The van der Waals surface area contributed by atoms with E-state index in [1.807, 2.05) is 12.1 Å². The van der Waals surface area contributed by atoms with Crippen molar-refractivity contribution in [3.63, 3.8) is 0 Å². The molecule has 0 radical (unpaired) electrons. The summed E-state index contributed by atoms with van der Waals surface area (Å²) in [6.07, 6.45) is 0.350. The van der Waals surface area contributed by atoms with Gasteiger partial charge in [-0.2, -0.15) is 0 Å². The monoisotopic (exact) mass is 290 g/mol. The maximum atomic E-state index is 11.8. The number of hydrogen-bond acceptors (Lipinski definition) is 2. The fourth-order valence-corrected chi connectivity index (χ4v) is 2.33. The Hall–Kier alpha value is -0.180. The van der Waals surface area contributed by atoms with E-state index < -0.39 is 0 Å². The zero-order valence-electron chi connectivity index (χ0n) is 10.2. The molecule has 1 rings (SSSR count). The number of thioether (sulfide) groups is 1. The van der Waals surface area contributed by atoms with Crippen molar-refractivity contribution in [1.82, 2.24) is 0 Å². The first-order chi connectivity index (χ1) is 7.79. The summed E-state index contributed by atoms with van der Waals surface area (Å²) >= 11 is 13.6. The first-order valence-electron chi connectivity index (χ1n) is 5.38. The normalized spacial score (nSPS) is 11.6. The van der Waals surface area contributed by atoms with Crippen molar-refractivity contribution in [2.75, 3.05) is 5.75 Å². The van der Waals surface area contributed by atoms with Crippen LogP contribution in [0.25, 0.3) is 0 Å². The molecule has 0 aliphatic rings. The summed E-state index contributed by atoms with van der Waals surface area (Å²) in [7, 11) is 0. The van der Waals surface area contributed by atoms with Crippen LogP contribution in [-0.2, 0) is 11.2 Å². The molecule has 1 aromatic carbocycles. The summed E-state index contributed by atoms with van der Waals surface area (Å²) in [6.45, 7) is 6.28. The van der Waals surface area contributed by atoms with Crippen molar-refractivity contribution < 1.29 is 4.79 Å². The first-order valence-corrected chi connectivity index (χ1v) is 7.12. The molecule has 0 bridgehead atoms. The van der Waals surface area contributed by atoms with Crippen LogP contribution in [-0.4, -0.2) is 16.3 Å². The lowest BCUT2D eigenvalue weighted by Gasteiger charge is -2.16. The highest BCUT2D eigenvalue weighted by Crippen LogP contribution is 2.27. The summed E-state index contributed by atoms with van der Waals surface area (Å²) in [5.74, 6) is 0.681. The number of carbonyl (C=O) groups is 1. The van der Waals surface area contributed by atoms with Gasteiger partial charge in [-0.25, -0.2) is 0 Å². The van der Waals surface area contributed by atoms with Gasteiger partial charge in [-0.3, -0.25) is 4.79 Å². The van der Waals surface area contributed by atoms with E-state index in [0.717, 1.165) is 5.56 Å². The minimum absolute atomic E-state index is 0.105.